The molecule has 0 bridgehead atoms. The van der Waals surface area contributed by atoms with Crippen LogP contribution in [-0.4, -0.2) is 47.0 Å². The number of aromatic nitrogens is 2. The van der Waals surface area contributed by atoms with Gasteiger partial charge in [0.25, 0.3) is 5.91 Å². The Morgan fingerprint density at radius 1 is 1.19 bits per heavy atom. The van der Waals surface area contributed by atoms with Gasteiger partial charge in [0.1, 0.15) is 17.7 Å². The van der Waals surface area contributed by atoms with Crippen LogP contribution in [0.1, 0.15) is 29.1 Å². The molecule has 26 heavy (non-hydrogen) atoms. The first-order chi connectivity index (χ1) is 12.6. The standard InChI is InChI=1S/C20H22N4O2/c1-14-11-19(22-13-21-14)23(2)16-7-9-24(10-8-16)20(25)18-12-15-5-3-4-6-17(15)26-18/h3-6,11-13,16H,7-10H2,1-2H3. The van der Waals surface area contributed by atoms with Crippen molar-refractivity contribution in [2.24, 2.45) is 0 Å². The number of furan rings is 1. The van der Waals surface area contributed by atoms with Crippen LogP contribution in [0.2, 0.25) is 0 Å². The van der Waals surface area contributed by atoms with Crippen molar-refractivity contribution in [3.8, 4) is 0 Å². The van der Waals surface area contributed by atoms with Crippen LogP contribution in [-0.2, 0) is 0 Å². The number of rotatable bonds is 3. The lowest BCUT2D eigenvalue weighted by molar-refractivity contribution is 0.0683. The SMILES string of the molecule is Cc1cc(N(C)C2CCN(C(=O)c3cc4ccccc4o3)CC2)ncn1. The first kappa shape index (κ1) is 16.6. The minimum Gasteiger partial charge on any atom is -0.451 e. The van der Waals surface area contributed by atoms with Crippen LogP contribution in [0.3, 0.4) is 0 Å². The number of aryl methyl sites for hydroxylation is 1. The normalized spacial score (nSPS) is 15.4. The molecule has 0 spiro atoms. The average molecular weight is 350 g/mol. The van der Waals surface area contributed by atoms with E-state index < -0.39 is 0 Å². The van der Waals surface area contributed by atoms with Crippen molar-refractivity contribution >= 4 is 22.7 Å². The molecule has 1 amide bonds. The van der Waals surface area contributed by atoms with Gasteiger partial charge in [0.05, 0.1) is 0 Å². The van der Waals surface area contributed by atoms with Crippen molar-refractivity contribution in [1.29, 1.82) is 0 Å². The molecular formula is C20H22N4O2. The summed E-state index contributed by atoms with van der Waals surface area (Å²) in [4.78, 5) is 25.3. The Morgan fingerprint density at radius 2 is 1.96 bits per heavy atom. The lowest BCUT2D eigenvalue weighted by Gasteiger charge is -2.37. The molecule has 4 rings (SSSR count). The van der Waals surface area contributed by atoms with Gasteiger partial charge in [0.2, 0.25) is 0 Å². The fraction of sp³-hybridized carbons (Fsp3) is 0.350. The zero-order chi connectivity index (χ0) is 18.1. The first-order valence-corrected chi connectivity index (χ1v) is 8.91. The van der Waals surface area contributed by atoms with E-state index in [0.29, 0.717) is 11.8 Å². The molecule has 0 radical (unpaired) electrons. The predicted molar refractivity (Wildman–Crippen MR) is 100 cm³/mol. The van der Waals surface area contributed by atoms with E-state index in [9.17, 15) is 4.79 Å². The molecule has 0 saturated carbocycles. The summed E-state index contributed by atoms with van der Waals surface area (Å²) in [6, 6.07) is 11.9. The number of carbonyl (C=O) groups is 1. The van der Waals surface area contributed by atoms with E-state index >= 15 is 0 Å². The van der Waals surface area contributed by atoms with Gasteiger partial charge >= 0.3 is 0 Å². The summed E-state index contributed by atoms with van der Waals surface area (Å²) in [6.07, 6.45) is 3.42. The van der Waals surface area contributed by atoms with E-state index in [1.165, 1.54) is 0 Å². The van der Waals surface area contributed by atoms with E-state index in [0.717, 1.165) is 48.4 Å². The molecular weight excluding hydrogens is 328 g/mol. The quantitative estimate of drug-likeness (QED) is 0.725. The number of hydrogen-bond acceptors (Lipinski definition) is 5. The van der Waals surface area contributed by atoms with Crippen molar-refractivity contribution in [3.05, 3.63) is 54.2 Å². The molecule has 1 fully saturated rings. The van der Waals surface area contributed by atoms with Crippen LogP contribution in [0.15, 0.2) is 47.1 Å². The summed E-state index contributed by atoms with van der Waals surface area (Å²) in [5.41, 5.74) is 1.71. The Labute approximate surface area is 152 Å². The molecule has 2 aromatic heterocycles. The molecule has 6 heteroatoms. The summed E-state index contributed by atoms with van der Waals surface area (Å²) >= 11 is 0. The largest absolute Gasteiger partial charge is 0.451 e. The minimum atomic E-state index is -0.0276. The first-order valence-electron chi connectivity index (χ1n) is 8.91. The van der Waals surface area contributed by atoms with Crippen LogP contribution < -0.4 is 4.90 Å². The van der Waals surface area contributed by atoms with Gasteiger partial charge in [-0.1, -0.05) is 18.2 Å². The van der Waals surface area contributed by atoms with E-state index in [4.69, 9.17) is 4.42 Å². The van der Waals surface area contributed by atoms with Gasteiger partial charge in [-0.15, -0.1) is 0 Å². The Kier molecular flexibility index (Phi) is 4.32. The summed E-state index contributed by atoms with van der Waals surface area (Å²) in [5.74, 6) is 1.32. The number of anilines is 1. The van der Waals surface area contributed by atoms with Crippen LogP contribution in [0, 0.1) is 6.92 Å². The maximum Gasteiger partial charge on any atom is 0.289 e. The summed E-state index contributed by atoms with van der Waals surface area (Å²) < 4.78 is 5.72. The topological polar surface area (TPSA) is 62.5 Å². The van der Waals surface area contributed by atoms with E-state index in [-0.39, 0.29) is 5.91 Å². The van der Waals surface area contributed by atoms with Crippen molar-refractivity contribution in [2.45, 2.75) is 25.8 Å². The lowest BCUT2D eigenvalue weighted by atomic mass is 10.0. The van der Waals surface area contributed by atoms with Gasteiger partial charge in [0.15, 0.2) is 5.76 Å². The number of hydrogen-bond donors (Lipinski definition) is 0. The molecule has 1 aliphatic heterocycles. The zero-order valence-electron chi connectivity index (χ0n) is 15.1. The molecule has 0 N–H and O–H groups in total. The van der Waals surface area contributed by atoms with Crippen molar-refractivity contribution in [2.75, 3.05) is 25.0 Å². The highest BCUT2D eigenvalue weighted by molar-refractivity contribution is 5.96. The number of para-hydroxylation sites is 1. The highest BCUT2D eigenvalue weighted by Gasteiger charge is 2.28. The van der Waals surface area contributed by atoms with Crippen molar-refractivity contribution in [1.82, 2.24) is 14.9 Å². The molecule has 134 valence electrons. The average Bonchev–Trinajstić information content (AvgIpc) is 3.11. The number of fused-ring (bicyclic) bond motifs is 1. The second kappa shape index (κ2) is 6.78. The van der Waals surface area contributed by atoms with Crippen molar-refractivity contribution < 1.29 is 9.21 Å². The van der Waals surface area contributed by atoms with Gasteiger partial charge in [-0.3, -0.25) is 4.79 Å². The van der Waals surface area contributed by atoms with Gasteiger partial charge in [-0.2, -0.15) is 0 Å². The number of nitrogens with zero attached hydrogens (tertiary/aromatic N) is 4. The highest BCUT2D eigenvalue weighted by Crippen LogP contribution is 2.24. The third-order valence-electron chi connectivity index (χ3n) is 5.09. The van der Waals surface area contributed by atoms with Crippen molar-refractivity contribution in [3.63, 3.8) is 0 Å². The molecule has 0 atom stereocenters. The maximum absolute atomic E-state index is 12.8. The third kappa shape index (κ3) is 3.14. The van der Waals surface area contributed by atoms with E-state index in [2.05, 4.69) is 21.9 Å². The van der Waals surface area contributed by atoms with Crippen LogP contribution in [0.4, 0.5) is 5.82 Å². The predicted octanol–water partition coefficient (Wildman–Crippen LogP) is 3.27. The molecule has 1 saturated heterocycles. The Bertz CT molecular complexity index is 895. The number of amides is 1. The Balaban J connectivity index is 1.42. The smallest absolute Gasteiger partial charge is 0.289 e. The molecule has 1 aliphatic rings. The summed E-state index contributed by atoms with van der Waals surface area (Å²) in [7, 11) is 2.06. The number of benzene rings is 1. The fourth-order valence-electron chi connectivity index (χ4n) is 3.52. The molecule has 3 heterocycles. The van der Waals surface area contributed by atoms with Crippen LogP contribution in [0.25, 0.3) is 11.0 Å². The van der Waals surface area contributed by atoms with E-state index in [1.807, 2.05) is 48.2 Å². The zero-order valence-corrected chi connectivity index (χ0v) is 15.1. The lowest BCUT2D eigenvalue weighted by Crippen LogP contribution is -2.45. The maximum atomic E-state index is 12.8. The van der Waals surface area contributed by atoms with Crippen LogP contribution >= 0.6 is 0 Å². The second-order valence-corrected chi connectivity index (χ2v) is 6.80. The monoisotopic (exact) mass is 350 g/mol. The van der Waals surface area contributed by atoms with E-state index in [1.54, 1.807) is 6.33 Å². The highest BCUT2D eigenvalue weighted by atomic mass is 16.3. The minimum absolute atomic E-state index is 0.0276. The molecule has 6 nitrogen and oxygen atoms in total. The Hall–Kier alpha value is -2.89. The molecule has 0 unspecified atom stereocenters. The fourth-order valence-corrected chi connectivity index (χ4v) is 3.52. The number of piperidine rings is 1. The molecule has 1 aromatic carbocycles. The Morgan fingerprint density at radius 3 is 2.69 bits per heavy atom. The van der Waals surface area contributed by atoms with Gasteiger partial charge < -0.3 is 14.2 Å². The van der Waals surface area contributed by atoms with Gasteiger partial charge in [-0.25, -0.2) is 9.97 Å². The second-order valence-electron chi connectivity index (χ2n) is 6.80. The van der Waals surface area contributed by atoms with Gasteiger partial charge in [0, 0.05) is 43.3 Å². The third-order valence-corrected chi connectivity index (χ3v) is 5.09. The molecule has 0 aliphatic carbocycles. The van der Waals surface area contributed by atoms with Gasteiger partial charge in [-0.05, 0) is 31.9 Å². The molecule has 3 aromatic rings. The number of carbonyl (C=O) groups excluding carboxylic acids is 1. The summed E-state index contributed by atoms with van der Waals surface area (Å²) in [5, 5.41) is 0.963. The summed E-state index contributed by atoms with van der Waals surface area (Å²) in [6.45, 7) is 3.40. The van der Waals surface area contributed by atoms with Crippen LogP contribution in [0.5, 0.6) is 0 Å². The number of likely N-dealkylation sites (tertiary alicyclic amines) is 1.